The first kappa shape index (κ1) is 19.2. The summed E-state index contributed by atoms with van der Waals surface area (Å²) in [6, 6.07) is 12.4. The summed E-state index contributed by atoms with van der Waals surface area (Å²) in [6.07, 6.45) is 2.26. The highest BCUT2D eigenvalue weighted by Crippen LogP contribution is 2.39. The fraction of sp³-hybridized carbons (Fsp3) is 0.235. The van der Waals surface area contributed by atoms with Gasteiger partial charge in [0.25, 0.3) is 0 Å². The van der Waals surface area contributed by atoms with Gasteiger partial charge in [-0.1, -0.05) is 36.4 Å². The van der Waals surface area contributed by atoms with E-state index in [1.807, 2.05) is 0 Å². The van der Waals surface area contributed by atoms with Gasteiger partial charge in [0, 0.05) is 17.5 Å². The number of phenolic OH excluding ortho intramolecular Hbond substituents is 1. The molecule has 2 N–H and O–H groups in total. The third-order valence-corrected chi connectivity index (χ3v) is 5.65. The zero-order valence-electron chi connectivity index (χ0n) is 14.7. The van der Waals surface area contributed by atoms with E-state index >= 15 is 0 Å². The number of rotatable bonds is 5. The van der Waals surface area contributed by atoms with E-state index in [4.69, 9.17) is 0 Å². The molecule has 0 spiro atoms. The quantitative estimate of drug-likeness (QED) is 0.782. The maximum absolute atomic E-state index is 12.2. The Morgan fingerprint density at radius 2 is 1.67 bits per heavy atom. The Bertz CT molecular complexity index is 1110. The molecule has 1 aliphatic rings. The van der Waals surface area contributed by atoms with Gasteiger partial charge in [0.05, 0.1) is 30.0 Å². The summed E-state index contributed by atoms with van der Waals surface area (Å²) >= 11 is 0. The Balaban J connectivity index is 2.08. The van der Waals surface area contributed by atoms with Crippen LogP contribution in [-0.2, 0) is 20.0 Å². The molecule has 0 aliphatic carbocycles. The first-order chi connectivity index (χ1) is 12.6. The van der Waals surface area contributed by atoms with Crippen molar-refractivity contribution in [3.8, 4) is 5.75 Å². The molecule has 27 heavy (non-hydrogen) atoms. The van der Waals surface area contributed by atoms with Crippen molar-refractivity contribution in [3.63, 3.8) is 0 Å². The zero-order chi connectivity index (χ0) is 19.8. The fourth-order valence-corrected chi connectivity index (χ4v) is 4.46. The van der Waals surface area contributed by atoms with Crippen LogP contribution in [0.2, 0.25) is 0 Å². The molecular weight excluding hydrogens is 390 g/mol. The Morgan fingerprint density at radius 3 is 2.30 bits per heavy atom. The van der Waals surface area contributed by atoms with Crippen LogP contribution in [0.1, 0.15) is 23.6 Å². The van der Waals surface area contributed by atoms with Gasteiger partial charge in [-0.3, -0.25) is 4.72 Å². The Kier molecular flexibility index (Phi) is 4.87. The number of hydrazone groups is 1. The van der Waals surface area contributed by atoms with Crippen molar-refractivity contribution in [2.45, 2.75) is 12.5 Å². The van der Waals surface area contributed by atoms with E-state index in [1.54, 1.807) is 42.5 Å². The summed E-state index contributed by atoms with van der Waals surface area (Å²) in [7, 11) is -7.23. The summed E-state index contributed by atoms with van der Waals surface area (Å²) in [5, 5.41) is 14.4. The zero-order valence-corrected chi connectivity index (χ0v) is 16.3. The van der Waals surface area contributed by atoms with Crippen LogP contribution in [0.5, 0.6) is 5.75 Å². The van der Waals surface area contributed by atoms with E-state index < -0.39 is 26.1 Å². The maximum Gasteiger partial charge on any atom is 0.247 e. The standard InChI is InChI=1S/C17H19N3O5S2/c1-26(22,23)19-14-9-5-3-7-12(14)15-11-16(20(18-15)27(2,24)25)13-8-4-6-10-17(13)21/h3-10,16,19,21H,11H2,1-2H3/t16-/m0/s1. The van der Waals surface area contributed by atoms with Gasteiger partial charge < -0.3 is 5.11 Å². The van der Waals surface area contributed by atoms with Crippen LogP contribution in [0.4, 0.5) is 5.69 Å². The molecule has 3 rings (SSSR count). The molecule has 2 aromatic carbocycles. The highest BCUT2D eigenvalue weighted by atomic mass is 32.2. The molecule has 0 amide bonds. The molecule has 8 nitrogen and oxygen atoms in total. The molecule has 0 aromatic heterocycles. The number of nitrogens with one attached hydrogen (secondary N) is 1. The molecule has 0 unspecified atom stereocenters. The van der Waals surface area contributed by atoms with Crippen molar-refractivity contribution in [3.05, 3.63) is 59.7 Å². The summed E-state index contributed by atoms with van der Waals surface area (Å²) in [5.74, 6) is -0.0323. The topological polar surface area (TPSA) is 116 Å². The third kappa shape index (κ3) is 4.22. The SMILES string of the molecule is CS(=O)(=O)Nc1ccccc1C1=NN(S(C)(=O)=O)[C@H](c2ccccc2O)C1. The molecule has 0 bridgehead atoms. The van der Waals surface area contributed by atoms with E-state index in [9.17, 15) is 21.9 Å². The number of sulfonamides is 2. The molecular formula is C17H19N3O5S2. The average molecular weight is 409 g/mol. The number of hydrogen-bond donors (Lipinski definition) is 2. The molecule has 1 heterocycles. The van der Waals surface area contributed by atoms with Crippen molar-refractivity contribution in [2.24, 2.45) is 5.10 Å². The first-order valence-corrected chi connectivity index (χ1v) is 11.7. The van der Waals surface area contributed by atoms with Crippen molar-refractivity contribution in [2.75, 3.05) is 17.2 Å². The lowest BCUT2D eigenvalue weighted by Crippen LogP contribution is -2.25. The average Bonchev–Trinajstić information content (AvgIpc) is 2.99. The Morgan fingerprint density at radius 1 is 1.04 bits per heavy atom. The second-order valence-corrected chi connectivity index (χ2v) is 9.87. The number of anilines is 1. The highest BCUT2D eigenvalue weighted by molar-refractivity contribution is 7.92. The summed E-state index contributed by atoms with van der Waals surface area (Å²) in [4.78, 5) is 0. The fourth-order valence-electron chi connectivity index (χ4n) is 2.98. The Hall–Kier alpha value is -2.59. The monoisotopic (exact) mass is 409 g/mol. The number of benzene rings is 2. The van der Waals surface area contributed by atoms with Gasteiger partial charge in [0.1, 0.15) is 5.75 Å². The molecule has 0 saturated carbocycles. The van der Waals surface area contributed by atoms with E-state index in [1.165, 1.54) is 6.07 Å². The predicted octanol–water partition coefficient (Wildman–Crippen LogP) is 1.87. The van der Waals surface area contributed by atoms with Crippen molar-refractivity contribution < 1.29 is 21.9 Å². The number of hydrogen-bond acceptors (Lipinski definition) is 6. The minimum Gasteiger partial charge on any atom is -0.508 e. The van der Waals surface area contributed by atoms with Crippen LogP contribution in [0.15, 0.2) is 53.6 Å². The number of para-hydroxylation sites is 2. The lowest BCUT2D eigenvalue weighted by atomic mass is 9.98. The molecule has 144 valence electrons. The van der Waals surface area contributed by atoms with Gasteiger partial charge in [0.2, 0.25) is 20.0 Å². The number of aromatic hydroxyl groups is 1. The largest absolute Gasteiger partial charge is 0.508 e. The predicted molar refractivity (Wildman–Crippen MR) is 104 cm³/mol. The van der Waals surface area contributed by atoms with Crippen molar-refractivity contribution >= 4 is 31.4 Å². The molecule has 1 atom stereocenters. The summed E-state index contributed by atoms with van der Waals surface area (Å²) in [5.41, 5.74) is 1.62. The van der Waals surface area contributed by atoms with Gasteiger partial charge in [-0.05, 0) is 12.1 Å². The molecule has 2 aromatic rings. The van der Waals surface area contributed by atoms with Crippen molar-refractivity contribution in [1.82, 2.24) is 4.41 Å². The molecule has 0 radical (unpaired) electrons. The van der Waals surface area contributed by atoms with Crippen LogP contribution in [0.3, 0.4) is 0 Å². The second-order valence-electron chi connectivity index (χ2n) is 6.28. The summed E-state index contributed by atoms with van der Waals surface area (Å²) < 4.78 is 51.1. The minimum absolute atomic E-state index is 0.0323. The van der Waals surface area contributed by atoms with E-state index in [0.29, 0.717) is 22.5 Å². The third-order valence-electron chi connectivity index (χ3n) is 4.04. The van der Waals surface area contributed by atoms with Crippen molar-refractivity contribution in [1.29, 1.82) is 0 Å². The van der Waals surface area contributed by atoms with Crippen LogP contribution in [0, 0.1) is 0 Å². The number of phenols is 1. The minimum atomic E-state index is -3.71. The summed E-state index contributed by atoms with van der Waals surface area (Å²) in [6.45, 7) is 0. The smallest absolute Gasteiger partial charge is 0.247 e. The van der Waals surface area contributed by atoms with Crippen LogP contribution in [0.25, 0.3) is 0 Å². The maximum atomic E-state index is 12.2. The van der Waals surface area contributed by atoms with Crippen LogP contribution >= 0.6 is 0 Å². The molecule has 1 aliphatic heterocycles. The van der Waals surface area contributed by atoms with Crippen LogP contribution in [-0.4, -0.2) is 44.6 Å². The first-order valence-electron chi connectivity index (χ1n) is 7.98. The van der Waals surface area contributed by atoms with E-state index in [2.05, 4.69) is 9.82 Å². The second kappa shape index (κ2) is 6.86. The normalized spacial score (nSPS) is 17.6. The molecule has 0 fully saturated rings. The lowest BCUT2D eigenvalue weighted by molar-refractivity contribution is 0.361. The van der Waals surface area contributed by atoms with Crippen LogP contribution < -0.4 is 4.72 Å². The van der Waals surface area contributed by atoms with Gasteiger partial charge >= 0.3 is 0 Å². The van der Waals surface area contributed by atoms with Gasteiger partial charge in [0.15, 0.2) is 0 Å². The van der Waals surface area contributed by atoms with E-state index in [0.717, 1.165) is 16.9 Å². The molecule has 10 heteroatoms. The van der Waals surface area contributed by atoms with Gasteiger partial charge in [-0.25, -0.2) is 16.8 Å². The van der Waals surface area contributed by atoms with Gasteiger partial charge in [-0.15, -0.1) is 0 Å². The highest BCUT2D eigenvalue weighted by Gasteiger charge is 2.36. The number of nitrogens with zero attached hydrogens (tertiary/aromatic N) is 2. The lowest BCUT2D eigenvalue weighted by Gasteiger charge is -2.22. The Labute approximate surface area is 158 Å². The van der Waals surface area contributed by atoms with E-state index in [-0.39, 0.29) is 12.2 Å². The van der Waals surface area contributed by atoms with Gasteiger partial charge in [-0.2, -0.15) is 9.52 Å². The molecule has 0 saturated heterocycles.